The molecule has 1 aliphatic heterocycles. The highest BCUT2D eigenvalue weighted by Gasteiger charge is 2.24. The molecule has 2 aromatic rings. The minimum absolute atomic E-state index is 0.227. The van der Waals surface area contributed by atoms with Crippen molar-refractivity contribution in [2.75, 3.05) is 37.7 Å². The molecule has 148 valence electrons. The van der Waals surface area contributed by atoms with Crippen LogP contribution >= 0.6 is 0 Å². The van der Waals surface area contributed by atoms with E-state index >= 15 is 0 Å². The zero-order valence-electron chi connectivity index (χ0n) is 16.6. The van der Waals surface area contributed by atoms with E-state index in [-0.39, 0.29) is 12.5 Å². The minimum atomic E-state index is -0.514. The summed E-state index contributed by atoms with van der Waals surface area (Å²) in [5, 5.41) is 0.876. The monoisotopic (exact) mass is 381 g/mol. The van der Waals surface area contributed by atoms with Crippen LogP contribution in [-0.2, 0) is 9.53 Å². The zero-order valence-corrected chi connectivity index (χ0v) is 16.6. The molecule has 1 aromatic carbocycles. The van der Waals surface area contributed by atoms with Crippen molar-refractivity contribution in [1.29, 1.82) is 0 Å². The Bertz CT molecular complexity index is 888. The molecule has 28 heavy (non-hydrogen) atoms. The molecule has 0 N–H and O–H groups in total. The van der Waals surface area contributed by atoms with E-state index in [4.69, 9.17) is 9.72 Å². The second-order valence-electron chi connectivity index (χ2n) is 7.19. The Morgan fingerprint density at radius 1 is 1.25 bits per heavy atom. The molecule has 2 heterocycles. The third-order valence-corrected chi connectivity index (χ3v) is 4.85. The van der Waals surface area contributed by atoms with Crippen LogP contribution in [0.25, 0.3) is 10.9 Å². The van der Waals surface area contributed by atoms with Crippen LogP contribution in [0.1, 0.15) is 37.0 Å². The van der Waals surface area contributed by atoms with Crippen molar-refractivity contribution in [3.63, 3.8) is 0 Å². The molecule has 3 rings (SSSR count). The molecule has 6 heteroatoms. The van der Waals surface area contributed by atoms with Gasteiger partial charge in [0.15, 0.2) is 6.61 Å². The first-order valence-electron chi connectivity index (χ1n) is 9.73. The number of esters is 1. The van der Waals surface area contributed by atoms with E-state index in [1.807, 2.05) is 44.2 Å². The number of hydrogen-bond donors (Lipinski definition) is 0. The summed E-state index contributed by atoms with van der Waals surface area (Å²) in [6.07, 6.45) is 2.15. The highest BCUT2D eigenvalue weighted by Crippen LogP contribution is 2.27. The van der Waals surface area contributed by atoms with E-state index in [0.29, 0.717) is 24.5 Å². The van der Waals surface area contributed by atoms with Gasteiger partial charge < -0.3 is 14.5 Å². The Kier molecular flexibility index (Phi) is 6.29. The normalized spacial score (nSPS) is 13.6. The number of ether oxygens (including phenoxy) is 1. The molecule has 6 nitrogen and oxygen atoms in total. The van der Waals surface area contributed by atoms with Gasteiger partial charge in [0.25, 0.3) is 5.91 Å². The summed E-state index contributed by atoms with van der Waals surface area (Å²) in [5.74, 6) is -0.0989. The number of benzene rings is 1. The summed E-state index contributed by atoms with van der Waals surface area (Å²) >= 11 is 0. The Balaban J connectivity index is 1.81. The van der Waals surface area contributed by atoms with Crippen molar-refractivity contribution in [1.82, 2.24) is 9.88 Å². The fourth-order valence-electron chi connectivity index (χ4n) is 3.42. The maximum absolute atomic E-state index is 12.8. The fourth-order valence-corrected chi connectivity index (χ4v) is 3.42. The van der Waals surface area contributed by atoms with Crippen LogP contribution in [-0.4, -0.2) is 54.5 Å². The van der Waals surface area contributed by atoms with Crippen molar-refractivity contribution >= 4 is 28.6 Å². The molecule has 0 atom stereocenters. The third kappa shape index (κ3) is 4.50. The van der Waals surface area contributed by atoms with Gasteiger partial charge in [-0.1, -0.05) is 30.4 Å². The summed E-state index contributed by atoms with van der Waals surface area (Å²) in [6.45, 7) is 10.0. The Morgan fingerprint density at radius 3 is 2.64 bits per heavy atom. The molecular formula is C22H27N3O3. The van der Waals surface area contributed by atoms with E-state index in [1.165, 1.54) is 0 Å². The number of para-hydroxylation sites is 1. The van der Waals surface area contributed by atoms with Crippen molar-refractivity contribution in [2.24, 2.45) is 0 Å². The Hall–Kier alpha value is -2.89. The lowest BCUT2D eigenvalue weighted by Gasteiger charge is -2.22. The maximum Gasteiger partial charge on any atom is 0.342 e. The first kappa shape index (κ1) is 19.9. The molecule has 0 radical (unpaired) electrons. The SMILES string of the molecule is C=C(C)CN(CC)C(=O)COC(=O)c1cc2ccccc2nc1N1CCCC1. The molecule has 0 aliphatic carbocycles. The van der Waals surface area contributed by atoms with Gasteiger partial charge in [-0.25, -0.2) is 9.78 Å². The lowest BCUT2D eigenvalue weighted by molar-refractivity contribution is -0.133. The number of carbonyl (C=O) groups is 2. The number of likely N-dealkylation sites (N-methyl/N-ethyl adjacent to an activating group) is 1. The van der Waals surface area contributed by atoms with Gasteiger partial charge in [0.2, 0.25) is 0 Å². The van der Waals surface area contributed by atoms with Crippen molar-refractivity contribution in [3.8, 4) is 0 Å². The summed E-state index contributed by atoms with van der Waals surface area (Å²) in [5.41, 5.74) is 2.14. The van der Waals surface area contributed by atoms with Crippen LogP contribution in [0.2, 0.25) is 0 Å². The van der Waals surface area contributed by atoms with Crippen LogP contribution in [0.4, 0.5) is 5.82 Å². The van der Waals surface area contributed by atoms with Gasteiger partial charge in [0, 0.05) is 31.6 Å². The summed E-state index contributed by atoms with van der Waals surface area (Å²) in [4.78, 5) is 33.7. The van der Waals surface area contributed by atoms with Gasteiger partial charge >= 0.3 is 5.97 Å². The highest BCUT2D eigenvalue weighted by atomic mass is 16.5. The molecule has 1 aromatic heterocycles. The number of aromatic nitrogens is 1. The summed E-state index contributed by atoms with van der Waals surface area (Å²) in [7, 11) is 0. The van der Waals surface area contributed by atoms with E-state index < -0.39 is 5.97 Å². The van der Waals surface area contributed by atoms with Crippen LogP contribution in [0.3, 0.4) is 0 Å². The van der Waals surface area contributed by atoms with Crippen molar-refractivity contribution in [2.45, 2.75) is 26.7 Å². The molecule has 1 saturated heterocycles. The molecular weight excluding hydrogens is 354 g/mol. The molecule has 1 fully saturated rings. The number of nitrogens with zero attached hydrogens (tertiary/aromatic N) is 3. The molecule has 1 amide bonds. The quantitative estimate of drug-likeness (QED) is 0.543. The second-order valence-corrected chi connectivity index (χ2v) is 7.19. The van der Waals surface area contributed by atoms with Crippen molar-refractivity contribution in [3.05, 3.63) is 48.0 Å². The minimum Gasteiger partial charge on any atom is -0.452 e. The standard InChI is InChI=1S/C22H27N3O3/c1-4-24(14-16(2)3)20(26)15-28-22(27)18-13-17-9-5-6-10-19(17)23-21(18)25-11-7-8-12-25/h5-6,9-10,13H,2,4,7-8,11-12,14-15H2,1,3H3. The number of carbonyl (C=O) groups excluding carboxylic acids is 2. The summed E-state index contributed by atoms with van der Waals surface area (Å²) in [6, 6.07) is 9.51. The number of anilines is 1. The average Bonchev–Trinajstić information content (AvgIpc) is 3.23. The molecule has 0 bridgehead atoms. The number of pyridine rings is 1. The summed E-state index contributed by atoms with van der Waals surface area (Å²) < 4.78 is 5.38. The number of rotatable bonds is 7. The van der Waals surface area contributed by atoms with Gasteiger partial charge in [0.05, 0.1) is 5.52 Å². The van der Waals surface area contributed by atoms with Gasteiger partial charge in [-0.05, 0) is 38.8 Å². The van der Waals surface area contributed by atoms with E-state index in [2.05, 4.69) is 11.5 Å². The van der Waals surface area contributed by atoms with E-state index in [0.717, 1.165) is 42.4 Å². The average molecular weight is 381 g/mol. The first-order valence-corrected chi connectivity index (χ1v) is 9.73. The largest absolute Gasteiger partial charge is 0.452 e. The fraction of sp³-hybridized carbons (Fsp3) is 0.409. The van der Waals surface area contributed by atoms with Gasteiger partial charge in [-0.3, -0.25) is 4.79 Å². The predicted octanol–water partition coefficient (Wildman–Crippen LogP) is 3.42. The van der Waals surface area contributed by atoms with Gasteiger partial charge in [0.1, 0.15) is 11.4 Å². The maximum atomic E-state index is 12.8. The predicted molar refractivity (Wildman–Crippen MR) is 111 cm³/mol. The second kappa shape index (κ2) is 8.87. The van der Waals surface area contributed by atoms with Crippen LogP contribution < -0.4 is 4.90 Å². The third-order valence-electron chi connectivity index (χ3n) is 4.85. The number of amides is 1. The molecule has 1 aliphatic rings. The van der Waals surface area contributed by atoms with E-state index in [1.54, 1.807) is 4.90 Å². The number of fused-ring (bicyclic) bond motifs is 1. The molecule has 0 spiro atoms. The molecule has 0 unspecified atom stereocenters. The van der Waals surface area contributed by atoms with Gasteiger partial charge in [-0.15, -0.1) is 0 Å². The topological polar surface area (TPSA) is 62.7 Å². The first-order chi connectivity index (χ1) is 13.5. The van der Waals surface area contributed by atoms with Crippen LogP contribution in [0.15, 0.2) is 42.5 Å². The van der Waals surface area contributed by atoms with E-state index in [9.17, 15) is 9.59 Å². The van der Waals surface area contributed by atoms with Crippen LogP contribution in [0, 0.1) is 0 Å². The highest BCUT2D eigenvalue weighted by molar-refractivity contribution is 6.00. The van der Waals surface area contributed by atoms with Crippen molar-refractivity contribution < 1.29 is 14.3 Å². The lowest BCUT2D eigenvalue weighted by Crippen LogP contribution is -2.35. The zero-order chi connectivity index (χ0) is 20.1. The number of hydrogen-bond acceptors (Lipinski definition) is 5. The Morgan fingerprint density at radius 2 is 1.96 bits per heavy atom. The molecule has 0 saturated carbocycles. The lowest BCUT2D eigenvalue weighted by atomic mass is 10.1. The van der Waals surface area contributed by atoms with Crippen LogP contribution in [0.5, 0.6) is 0 Å². The van der Waals surface area contributed by atoms with Gasteiger partial charge in [-0.2, -0.15) is 0 Å². The Labute approximate surface area is 165 Å². The smallest absolute Gasteiger partial charge is 0.342 e.